The van der Waals surface area contributed by atoms with Crippen LogP contribution in [0, 0.1) is 6.92 Å². The minimum atomic E-state index is -0.772. The quantitative estimate of drug-likeness (QED) is 0.694. The molecule has 2 N–H and O–H groups in total. The molecule has 0 saturated carbocycles. The van der Waals surface area contributed by atoms with Crippen molar-refractivity contribution in [3.63, 3.8) is 0 Å². The zero-order valence-corrected chi connectivity index (χ0v) is 18.7. The number of alkyl carbamates (subject to hydrolysis) is 1. The normalized spacial score (nSPS) is 12.3. The lowest BCUT2D eigenvalue weighted by Crippen LogP contribution is -2.49. The summed E-state index contributed by atoms with van der Waals surface area (Å²) in [4.78, 5) is 39.3. The molecule has 7 nitrogen and oxygen atoms in total. The second-order valence-corrected chi connectivity index (χ2v) is 8.42. The summed E-state index contributed by atoms with van der Waals surface area (Å²) in [7, 11) is 0. The van der Waals surface area contributed by atoms with Crippen molar-refractivity contribution in [3.8, 4) is 0 Å². The summed E-state index contributed by atoms with van der Waals surface area (Å²) in [6.07, 6.45) is 0.0102. The van der Waals surface area contributed by atoms with Crippen molar-refractivity contribution in [3.05, 3.63) is 35.4 Å². The van der Waals surface area contributed by atoms with Gasteiger partial charge in [-0.1, -0.05) is 36.8 Å². The van der Waals surface area contributed by atoms with Crippen LogP contribution in [-0.2, 0) is 14.3 Å². The monoisotopic (exact) mass is 405 g/mol. The number of hydrogen-bond acceptors (Lipinski definition) is 4. The van der Waals surface area contributed by atoms with Crippen LogP contribution in [-0.4, -0.2) is 47.5 Å². The largest absolute Gasteiger partial charge is 0.444 e. The molecule has 3 amide bonds. The molecule has 0 spiro atoms. The van der Waals surface area contributed by atoms with Gasteiger partial charge in [0.15, 0.2) is 0 Å². The van der Waals surface area contributed by atoms with Gasteiger partial charge in [0, 0.05) is 12.6 Å². The molecule has 0 aliphatic carbocycles. The van der Waals surface area contributed by atoms with E-state index in [-0.39, 0.29) is 24.4 Å². The van der Waals surface area contributed by atoms with E-state index in [1.54, 1.807) is 20.8 Å². The van der Waals surface area contributed by atoms with Gasteiger partial charge in [0.1, 0.15) is 18.2 Å². The highest BCUT2D eigenvalue weighted by Gasteiger charge is 2.31. The highest BCUT2D eigenvalue weighted by Crippen LogP contribution is 2.23. The zero-order chi connectivity index (χ0) is 22.2. The second kappa shape index (κ2) is 10.8. The SMILES string of the molecule is CCCN(C(=O)CNC(=O)OC(C)(C)C)C(C(=O)NC(C)C)c1ccc(C)cc1. The van der Waals surface area contributed by atoms with Crippen LogP contribution < -0.4 is 10.6 Å². The molecule has 0 radical (unpaired) electrons. The van der Waals surface area contributed by atoms with Crippen LogP contribution in [0.1, 0.15) is 65.1 Å². The molecule has 0 saturated heterocycles. The molecule has 1 unspecified atom stereocenters. The van der Waals surface area contributed by atoms with E-state index in [0.29, 0.717) is 13.0 Å². The molecule has 1 atom stereocenters. The third-order valence-corrected chi connectivity index (χ3v) is 3.95. The number of carbonyl (C=O) groups excluding carboxylic acids is 3. The van der Waals surface area contributed by atoms with E-state index in [1.807, 2.05) is 52.0 Å². The molecule has 0 heterocycles. The van der Waals surface area contributed by atoms with Gasteiger partial charge in [-0.2, -0.15) is 0 Å². The van der Waals surface area contributed by atoms with E-state index in [9.17, 15) is 14.4 Å². The number of ether oxygens (including phenoxy) is 1. The Morgan fingerprint density at radius 2 is 1.69 bits per heavy atom. The number of hydrogen-bond donors (Lipinski definition) is 2. The van der Waals surface area contributed by atoms with Crippen LogP contribution in [0.2, 0.25) is 0 Å². The van der Waals surface area contributed by atoms with Crippen molar-refractivity contribution in [2.45, 2.75) is 72.6 Å². The minimum absolute atomic E-state index is 0.0612. The number of nitrogens with zero attached hydrogens (tertiary/aromatic N) is 1. The fourth-order valence-electron chi connectivity index (χ4n) is 2.79. The number of nitrogens with one attached hydrogen (secondary N) is 2. The van der Waals surface area contributed by atoms with Crippen molar-refractivity contribution in [1.29, 1.82) is 0 Å². The van der Waals surface area contributed by atoms with Crippen molar-refractivity contribution < 1.29 is 19.1 Å². The van der Waals surface area contributed by atoms with Crippen LogP contribution in [0.25, 0.3) is 0 Å². The number of amides is 3. The van der Waals surface area contributed by atoms with Crippen LogP contribution in [0.5, 0.6) is 0 Å². The first-order chi connectivity index (χ1) is 13.4. The van der Waals surface area contributed by atoms with Crippen LogP contribution in [0.3, 0.4) is 0 Å². The molecule has 29 heavy (non-hydrogen) atoms. The smallest absolute Gasteiger partial charge is 0.408 e. The van der Waals surface area contributed by atoms with E-state index < -0.39 is 17.7 Å². The summed E-state index contributed by atoms with van der Waals surface area (Å²) < 4.78 is 5.19. The predicted molar refractivity (Wildman–Crippen MR) is 113 cm³/mol. The van der Waals surface area contributed by atoms with Crippen molar-refractivity contribution in [2.24, 2.45) is 0 Å². The Hall–Kier alpha value is -2.57. The van der Waals surface area contributed by atoms with E-state index in [4.69, 9.17) is 4.74 Å². The topological polar surface area (TPSA) is 87.7 Å². The Bertz CT molecular complexity index is 693. The fourth-order valence-corrected chi connectivity index (χ4v) is 2.79. The van der Waals surface area contributed by atoms with Gasteiger partial charge in [0.05, 0.1) is 0 Å². The van der Waals surface area contributed by atoms with Crippen molar-refractivity contribution >= 4 is 17.9 Å². The first kappa shape index (κ1) is 24.5. The Labute approximate surface area is 174 Å². The molecule has 7 heteroatoms. The summed E-state index contributed by atoms with van der Waals surface area (Å²) in [5, 5.41) is 5.39. The molecule has 1 aromatic carbocycles. The molecule has 0 aliphatic rings. The van der Waals surface area contributed by atoms with Gasteiger partial charge in [-0.25, -0.2) is 4.79 Å². The Morgan fingerprint density at radius 1 is 1.10 bits per heavy atom. The van der Waals surface area contributed by atoms with Gasteiger partial charge >= 0.3 is 6.09 Å². The van der Waals surface area contributed by atoms with Gasteiger partial charge in [0.25, 0.3) is 0 Å². The van der Waals surface area contributed by atoms with Crippen molar-refractivity contribution in [1.82, 2.24) is 15.5 Å². The molecule has 0 fully saturated rings. The van der Waals surface area contributed by atoms with Crippen LogP contribution in [0.15, 0.2) is 24.3 Å². The lowest BCUT2D eigenvalue weighted by molar-refractivity contribution is -0.140. The predicted octanol–water partition coefficient (Wildman–Crippen LogP) is 3.32. The molecular formula is C22H35N3O4. The number of carbonyl (C=O) groups is 3. The summed E-state index contributed by atoms with van der Waals surface area (Å²) >= 11 is 0. The molecule has 0 aromatic heterocycles. The van der Waals surface area contributed by atoms with Gasteiger partial charge in [-0.3, -0.25) is 9.59 Å². The second-order valence-electron chi connectivity index (χ2n) is 8.42. The summed E-state index contributed by atoms with van der Waals surface area (Å²) in [6, 6.07) is 6.71. The van der Waals surface area contributed by atoms with Gasteiger partial charge in [-0.15, -0.1) is 0 Å². The standard InChI is InChI=1S/C22H35N3O4/c1-8-13-25(18(26)14-23-21(28)29-22(5,6)7)19(20(27)24-15(2)3)17-11-9-16(4)10-12-17/h9-12,15,19H,8,13-14H2,1-7H3,(H,23,28)(H,24,27). The van der Waals surface area contributed by atoms with E-state index in [1.165, 1.54) is 4.90 Å². The maximum atomic E-state index is 13.0. The summed E-state index contributed by atoms with van der Waals surface area (Å²) in [5.41, 5.74) is 1.14. The molecule has 0 aliphatic heterocycles. The number of benzene rings is 1. The third-order valence-electron chi connectivity index (χ3n) is 3.95. The summed E-state index contributed by atoms with van der Waals surface area (Å²) in [6.45, 7) is 13.1. The number of aryl methyl sites for hydroxylation is 1. The molecular weight excluding hydrogens is 370 g/mol. The van der Waals surface area contributed by atoms with Crippen LogP contribution >= 0.6 is 0 Å². The molecule has 0 bridgehead atoms. The van der Waals surface area contributed by atoms with E-state index in [0.717, 1.165) is 11.1 Å². The lowest BCUT2D eigenvalue weighted by Gasteiger charge is -2.32. The fraction of sp³-hybridized carbons (Fsp3) is 0.591. The number of rotatable bonds is 8. The highest BCUT2D eigenvalue weighted by atomic mass is 16.6. The lowest BCUT2D eigenvalue weighted by atomic mass is 10.0. The highest BCUT2D eigenvalue weighted by molar-refractivity contribution is 5.90. The summed E-state index contributed by atoms with van der Waals surface area (Å²) in [5.74, 6) is -0.592. The van der Waals surface area contributed by atoms with Gasteiger partial charge < -0.3 is 20.3 Å². The van der Waals surface area contributed by atoms with Gasteiger partial charge in [-0.05, 0) is 53.5 Å². The van der Waals surface area contributed by atoms with E-state index in [2.05, 4.69) is 10.6 Å². The molecule has 162 valence electrons. The Morgan fingerprint density at radius 3 is 2.17 bits per heavy atom. The maximum Gasteiger partial charge on any atom is 0.408 e. The Kier molecular flexibility index (Phi) is 9.14. The third kappa shape index (κ3) is 8.54. The Balaban J connectivity index is 3.08. The first-order valence-electron chi connectivity index (χ1n) is 10.1. The van der Waals surface area contributed by atoms with E-state index >= 15 is 0 Å². The average Bonchev–Trinajstić information content (AvgIpc) is 2.58. The molecule has 1 rings (SSSR count). The van der Waals surface area contributed by atoms with Gasteiger partial charge in [0.2, 0.25) is 11.8 Å². The molecule has 1 aromatic rings. The minimum Gasteiger partial charge on any atom is -0.444 e. The van der Waals surface area contributed by atoms with Crippen LogP contribution in [0.4, 0.5) is 4.79 Å². The van der Waals surface area contributed by atoms with Crippen molar-refractivity contribution in [2.75, 3.05) is 13.1 Å². The first-order valence-corrected chi connectivity index (χ1v) is 10.1. The zero-order valence-electron chi connectivity index (χ0n) is 18.7. The maximum absolute atomic E-state index is 13.0. The average molecular weight is 406 g/mol.